The lowest BCUT2D eigenvalue weighted by Gasteiger charge is -2.48. The summed E-state index contributed by atoms with van der Waals surface area (Å²) < 4.78 is 11.9. The van der Waals surface area contributed by atoms with Gasteiger partial charge in [-0.25, -0.2) is 4.98 Å². The van der Waals surface area contributed by atoms with Crippen LogP contribution in [0.5, 0.6) is 11.5 Å². The van der Waals surface area contributed by atoms with Crippen LogP contribution in [0.3, 0.4) is 0 Å². The lowest BCUT2D eigenvalue weighted by atomic mass is 9.65. The Balaban J connectivity index is 1.46. The number of H-pyrrole nitrogens is 1. The van der Waals surface area contributed by atoms with Gasteiger partial charge in [0.25, 0.3) is 0 Å². The van der Waals surface area contributed by atoms with Crippen LogP contribution in [0.2, 0.25) is 0 Å². The van der Waals surface area contributed by atoms with E-state index in [-0.39, 0.29) is 17.4 Å². The number of para-hydroxylation sites is 1. The minimum absolute atomic E-state index is 0.0955. The minimum Gasteiger partial charge on any atom is -0.496 e. The van der Waals surface area contributed by atoms with Crippen LogP contribution < -0.4 is 14.8 Å². The number of benzene rings is 3. The average molecular weight is 426 g/mol. The predicted octanol–water partition coefficient (Wildman–Crippen LogP) is 6.00. The van der Waals surface area contributed by atoms with Crippen LogP contribution in [-0.4, -0.2) is 23.7 Å². The highest BCUT2D eigenvalue weighted by atomic mass is 16.5. The van der Waals surface area contributed by atoms with Crippen LogP contribution in [-0.2, 0) is 5.41 Å². The Kier molecular flexibility index (Phi) is 4.06. The van der Waals surface area contributed by atoms with Gasteiger partial charge < -0.3 is 19.8 Å². The molecule has 0 saturated heterocycles. The largest absolute Gasteiger partial charge is 0.496 e. The summed E-state index contributed by atoms with van der Waals surface area (Å²) in [6.45, 7) is 7.40. The molecule has 5 heteroatoms. The topological polar surface area (TPSA) is 59.2 Å². The van der Waals surface area contributed by atoms with Crippen LogP contribution >= 0.6 is 0 Å². The number of nitrogens with zero attached hydrogens (tertiary/aromatic N) is 1. The van der Waals surface area contributed by atoms with Crippen molar-refractivity contribution >= 4 is 16.7 Å². The third-order valence-corrected chi connectivity index (χ3v) is 7.32. The number of methoxy groups -OCH3 is 1. The molecule has 2 N–H and O–H groups in total. The van der Waals surface area contributed by atoms with Gasteiger partial charge >= 0.3 is 0 Å². The number of hydrogen-bond acceptors (Lipinski definition) is 4. The molecule has 2 atom stereocenters. The molecule has 3 heterocycles. The van der Waals surface area contributed by atoms with Crippen molar-refractivity contribution in [2.24, 2.45) is 5.92 Å². The van der Waals surface area contributed by atoms with Gasteiger partial charge in [-0.15, -0.1) is 0 Å². The second-order valence-electron chi connectivity index (χ2n) is 9.45. The molecule has 6 rings (SSSR count). The van der Waals surface area contributed by atoms with E-state index < -0.39 is 0 Å². The zero-order valence-electron chi connectivity index (χ0n) is 18.8. The maximum Gasteiger partial charge on any atom is 0.138 e. The summed E-state index contributed by atoms with van der Waals surface area (Å²) in [5.74, 6) is 2.96. The molecule has 32 heavy (non-hydrogen) atoms. The minimum atomic E-state index is -0.0955. The third kappa shape index (κ3) is 2.67. The van der Waals surface area contributed by atoms with Crippen LogP contribution in [0.4, 0.5) is 5.69 Å². The van der Waals surface area contributed by atoms with Gasteiger partial charge in [0.05, 0.1) is 36.4 Å². The van der Waals surface area contributed by atoms with Gasteiger partial charge in [-0.05, 0) is 54.4 Å². The summed E-state index contributed by atoms with van der Waals surface area (Å²) in [6.07, 6.45) is 0. The second-order valence-corrected chi connectivity index (χ2v) is 9.45. The smallest absolute Gasteiger partial charge is 0.138 e. The molecule has 0 saturated carbocycles. The predicted molar refractivity (Wildman–Crippen MR) is 128 cm³/mol. The number of imidazole rings is 1. The zero-order valence-corrected chi connectivity index (χ0v) is 18.8. The van der Waals surface area contributed by atoms with Gasteiger partial charge in [-0.3, -0.25) is 0 Å². The fraction of sp³-hybridized carbons (Fsp3) is 0.296. The molecule has 1 aromatic heterocycles. The maximum atomic E-state index is 6.22. The van der Waals surface area contributed by atoms with E-state index >= 15 is 0 Å². The van der Waals surface area contributed by atoms with Crippen molar-refractivity contribution in [2.45, 2.75) is 32.2 Å². The normalized spacial score (nSPS) is 20.5. The van der Waals surface area contributed by atoms with Crippen molar-refractivity contribution < 1.29 is 9.47 Å². The summed E-state index contributed by atoms with van der Waals surface area (Å²) in [5.41, 5.74) is 7.84. The van der Waals surface area contributed by atoms with E-state index in [2.05, 4.69) is 67.5 Å². The summed E-state index contributed by atoms with van der Waals surface area (Å²) in [5, 5.41) is 3.81. The Morgan fingerprint density at radius 2 is 1.94 bits per heavy atom. The summed E-state index contributed by atoms with van der Waals surface area (Å²) in [4.78, 5) is 8.39. The van der Waals surface area contributed by atoms with Crippen LogP contribution in [0.25, 0.3) is 22.4 Å². The average Bonchev–Trinajstić information content (AvgIpc) is 3.24. The highest BCUT2D eigenvalue weighted by molar-refractivity contribution is 5.82. The highest BCUT2D eigenvalue weighted by Gasteiger charge is 2.47. The van der Waals surface area contributed by atoms with E-state index in [1.165, 1.54) is 11.1 Å². The molecule has 0 bridgehead atoms. The van der Waals surface area contributed by atoms with Gasteiger partial charge in [0.15, 0.2) is 0 Å². The molecule has 0 radical (unpaired) electrons. The number of aromatic nitrogens is 2. The van der Waals surface area contributed by atoms with Gasteiger partial charge in [0, 0.05) is 22.6 Å². The number of aryl methyl sites for hydroxylation is 1. The first-order valence-electron chi connectivity index (χ1n) is 11.1. The Hall–Kier alpha value is -3.47. The lowest BCUT2D eigenvalue weighted by Crippen LogP contribution is -2.46. The van der Waals surface area contributed by atoms with E-state index in [0.717, 1.165) is 45.2 Å². The van der Waals surface area contributed by atoms with E-state index in [4.69, 9.17) is 14.5 Å². The Morgan fingerprint density at radius 1 is 1.09 bits per heavy atom. The Bertz CT molecular complexity index is 1340. The monoisotopic (exact) mass is 425 g/mol. The number of anilines is 1. The number of ether oxygens (including phenoxy) is 2. The number of rotatable bonds is 2. The fourth-order valence-corrected chi connectivity index (χ4v) is 5.44. The molecule has 5 nitrogen and oxygen atoms in total. The summed E-state index contributed by atoms with van der Waals surface area (Å²) in [7, 11) is 1.72. The molecule has 2 aliphatic rings. The Labute approximate surface area is 187 Å². The summed E-state index contributed by atoms with van der Waals surface area (Å²) in [6, 6.07) is 19.0. The molecule has 2 aliphatic heterocycles. The van der Waals surface area contributed by atoms with Gasteiger partial charge in [-0.2, -0.15) is 0 Å². The molecule has 4 aromatic rings. The number of nitrogens with one attached hydrogen (secondary N) is 2. The van der Waals surface area contributed by atoms with Gasteiger partial charge in [0.1, 0.15) is 17.3 Å². The van der Waals surface area contributed by atoms with Crippen molar-refractivity contribution in [3.63, 3.8) is 0 Å². The molecular formula is C27H27N3O2. The molecule has 0 aliphatic carbocycles. The van der Waals surface area contributed by atoms with Gasteiger partial charge in [0.2, 0.25) is 0 Å². The summed E-state index contributed by atoms with van der Waals surface area (Å²) >= 11 is 0. The van der Waals surface area contributed by atoms with Crippen molar-refractivity contribution in [2.75, 3.05) is 19.0 Å². The first kappa shape index (κ1) is 19.2. The molecule has 3 aromatic carbocycles. The van der Waals surface area contributed by atoms with E-state index in [1.54, 1.807) is 7.11 Å². The van der Waals surface area contributed by atoms with E-state index in [0.29, 0.717) is 6.61 Å². The van der Waals surface area contributed by atoms with Crippen LogP contribution in [0, 0.1) is 12.8 Å². The number of fused-ring (bicyclic) bond motifs is 5. The lowest BCUT2D eigenvalue weighted by molar-refractivity contribution is 0.133. The zero-order chi connectivity index (χ0) is 22.0. The van der Waals surface area contributed by atoms with Crippen molar-refractivity contribution in [3.05, 3.63) is 71.3 Å². The SMILES string of the molecule is COc1cccc2c1[C@H]1Nc3ccc(-c4nc5c(C)cccc5[nH]4)cc3C(C)(C)[C@H]1CO2. The fourth-order valence-electron chi connectivity index (χ4n) is 5.44. The molecule has 0 spiro atoms. The second kappa shape index (κ2) is 6.76. The van der Waals surface area contributed by atoms with Crippen molar-refractivity contribution in [1.82, 2.24) is 9.97 Å². The number of hydrogen-bond donors (Lipinski definition) is 2. The first-order valence-corrected chi connectivity index (χ1v) is 11.1. The van der Waals surface area contributed by atoms with Crippen molar-refractivity contribution in [1.29, 1.82) is 0 Å². The third-order valence-electron chi connectivity index (χ3n) is 7.32. The van der Waals surface area contributed by atoms with E-state index in [9.17, 15) is 0 Å². The van der Waals surface area contributed by atoms with Crippen LogP contribution in [0.15, 0.2) is 54.6 Å². The van der Waals surface area contributed by atoms with Crippen molar-refractivity contribution in [3.8, 4) is 22.9 Å². The van der Waals surface area contributed by atoms with Crippen LogP contribution in [0.1, 0.15) is 36.6 Å². The molecular weight excluding hydrogens is 398 g/mol. The number of aromatic amines is 1. The van der Waals surface area contributed by atoms with E-state index in [1.807, 2.05) is 18.2 Å². The van der Waals surface area contributed by atoms with Gasteiger partial charge in [-0.1, -0.05) is 32.0 Å². The molecule has 162 valence electrons. The quantitative estimate of drug-likeness (QED) is 0.414. The molecule has 0 fully saturated rings. The Morgan fingerprint density at radius 3 is 2.75 bits per heavy atom. The maximum absolute atomic E-state index is 6.22. The molecule has 0 amide bonds. The standard InChI is InChI=1S/C27H27N3O2/c1-15-7-5-8-20-24(15)30-26(29-20)16-11-12-19-17(13-16)27(2,3)18-14-32-22-10-6-9-21(31-4)23(22)25(18)28-19/h5-13,18,25,28H,14H2,1-4H3,(H,29,30)/t18-,25-/m0/s1. The first-order chi connectivity index (χ1) is 15.5. The highest BCUT2D eigenvalue weighted by Crippen LogP contribution is 2.54. The molecule has 0 unspecified atom stereocenters.